The lowest BCUT2D eigenvalue weighted by Crippen LogP contribution is -2.04. The molecule has 4 nitrogen and oxygen atoms in total. The van der Waals surface area contributed by atoms with Crippen LogP contribution < -0.4 is 10.5 Å². The van der Waals surface area contributed by atoms with Gasteiger partial charge in [0.15, 0.2) is 0 Å². The van der Waals surface area contributed by atoms with E-state index in [4.69, 9.17) is 22.1 Å². The van der Waals surface area contributed by atoms with Crippen LogP contribution in [0.4, 0.5) is 5.69 Å². The first-order valence-electron chi connectivity index (χ1n) is 5.91. The normalized spacial score (nSPS) is 10.7. The topological polar surface area (TPSA) is 53.1 Å². The van der Waals surface area contributed by atoms with Crippen molar-refractivity contribution in [3.8, 4) is 5.75 Å². The molecule has 0 bridgehead atoms. The van der Waals surface area contributed by atoms with Crippen LogP contribution in [0.3, 0.4) is 0 Å². The summed E-state index contributed by atoms with van der Waals surface area (Å²) in [6, 6.07) is 5.20. The fourth-order valence-electron chi connectivity index (χ4n) is 1.76. The Balaban J connectivity index is 2.16. The molecule has 0 radical (unpaired) electrons. The minimum atomic E-state index is 0.397. The third-order valence-corrected chi connectivity index (χ3v) is 4.03. The molecule has 2 aromatic rings. The number of nitrogens with two attached hydrogens (primary N) is 1. The first-order chi connectivity index (χ1) is 9.02. The Morgan fingerprint density at radius 2 is 2.21 bits per heavy atom. The maximum Gasteiger partial charge on any atom is 0.138 e. The van der Waals surface area contributed by atoms with Crippen molar-refractivity contribution in [1.82, 2.24) is 9.78 Å². The minimum absolute atomic E-state index is 0.397. The second kappa shape index (κ2) is 5.84. The van der Waals surface area contributed by atoms with E-state index in [-0.39, 0.29) is 0 Å². The van der Waals surface area contributed by atoms with Crippen LogP contribution in [-0.4, -0.2) is 9.78 Å². The van der Waals surface area contributed by atoms with Crippen molar-refractivity contribution in [3.63, 3.8) is 0 Å². The van der Waals surface area contributed by atoms with Crippen LogP contribution in [0.15, 0.2) is 22.7 Å². The van der Waals surface area contributed by atoms with E-state index < -0.39 is 0 Å². The fourth-order valence-corrected chi connectivity index (χ4v) is 2.73. The molecule has 0 amide bonds. The van der Waals surface area contributed by atoms with Crippen molar-refractivity contribution >= 4 is 33.2 Å². The molecule has 0 aliphatic carbocycles. The van der Waals surface area contributed by atoms with Crippen molar-refractivity contribution in [2.24, 2.45) is 7.05 Å². The Labute approximate surface area is 125 Å². The van der Waals surface area contributed by atoms with Crippen LogP contribution in [0, 0.1) is 0 Å². The highest BCUT2D eigenvalue weighted by molar-refractivity contribution is 9.10. The maximum atomic E-state index is 6.07. The summed E-state index contributed by atoms with van der Waals surface area (Å²) in [7, 11) is 1.90. The number of hydrogen-bond donors (Lipinski definition) is 1. The zero-order valence-corrected chi connectivity index (χ0v) is 13.1. The van der Waals surface area contributed by atoms with Crippen molar-refractivity contribution < 1.29 is 4.74 Å². The zero-order chi connectivity index (χ0) is 14.0. The number of nitrogens with zero attached hydrogens (tertiary/aromatic N) is 2. The quantitative estimate of drug-likeness (QED) is 0.863. The molecule has 0 saturated heterocycles. The molecule has 19 heavy (non-hydrogen) atoms. The lowest BCUT2D eigenvalue weighted by molar-refractivity contribution is 0.294. The summed E-state index contributed by atoms with van der Waals surface area (Å²) in [5.74, 6) is 0.613. The van der Waals surface area contributed by atoms with Crippen molar-refractivity contribution in [2.75, 3.05) is 5.73 Å². The number of nitrogen functional groups attached to an aromatic ring is 1. The van der Waals surface area contributed by atoms with Gasteiger partial charge >= 0.3 is 0 Å². The highest BCUT2D eigenvalue weighted by atomic mass is 79.9. The van der Waals surface area contributed by atoms with Crippen molar-refractivity contribution in [1.29, 1.82) is 0 Å². The average Bonchev–Trinajstić information content (AvgIpc) is 2.64. The number of hydrogen-bond acceptors (Lipinski definition) is 3. The van der Waals surface area contributed by atoms with E-state index in [1.807, 2.05) is 11.7 Å². The smallest absolute Gasteiger partial charge is 0.138 e. The van der Waals surface area contributed by atoms with Gasteiger partial charge in [-0.15, -0.1) is 0 Å². The van der Waals surface area contributed by atoms with Crippen molar-refractivity contribution in [3.05, 3.63) is 39.1 Å². The van der Waals surface area contributed by atoms with Crippen LogP contribution in [0.5, 0.6) is 5.75 Å². The van der Waals surface area contributed by atoms with E-state index in [1.54, 1.807) is 18.2 Å². The van der Waals surface area contributed by atoms with Gasteiger partial charge in [-0.25, -0.2) is 0 Å². The summed E-state index contributed by atoms with van der Waals surface area (Å²) in [5.41, 5.74) is 8.26. The predicted octanol–water partition coefficient (Wildman–Crippen LogP) is 3.56. The van der Waals surface area contributed by atoms with Crippen LogP contribution in [-0.2, 0) is 20.1 Å². The average molecular weight is 345 g/mol. The molecule has 0 saturated carbocycles. The third kappa shape index (κ3) is 3.04. The first kappa shape index (κ1) is 14.2. The van der Waals surface area contributed by atoms with Gasteiger partial charge in [0.2, 0.25) is 0 Å². The Kier molecular flexibility index (Phi) is 4.37. The molecular weight excluding hydrogens is 330 g/mol. The molecule has 0 aliphatic rings. The maximum absolute atomic E-state index is 6.07. The van der Waals surface area contributed by atoms with E-state index in [9.17, 15) is 0 Å². The molecule has 2 rings (SSSR count). The molecule has 1 aromatic carbocycles. The van der Waals surface area contributed by atoms with Gasteiger partial charge in [0.1, 0.15) is 12.4 Å². The zero-order valence-electron chi connectivity index (χ0n) is 10.8. The molecule has 6 heteroatoms. The lowest BCUT2D eigenvalue weighted by atomic mass is 10.3. The number of ether oxygens (including phenoxy) is 1. The Hall–Kier alpha value is -1.20. The van der Waals surface area contributed by atoms with Crippen LogP contribution in [0.2, 0.25) is 5.02 Å². The van der Waals surface area contributed by atoms with Crippen LogP contribution >= 0.6 is 27.5 Å². The molecule has 1 heterocycles. The number of benzene rings is 1. The Bertz CT molecular complexity index is 598. The lowest BCUT2D eigenvalue weighted by Gasteiger charge is -2.09. The molecule has 0 aliphatic heterocycles. The van der Waals surface area contributed by atoms with Gasteiger partial charge in [-0.05, 0) is 40.5 Å². The van der Waals surface area contributed by atoms with E-state index >= 15 is 0 Å². The largest absolute Gasteiger partial charge is 0.486 e. The van der Waals surface area contributed by atoms with Gasteiger partial charge in [-0.1, -0.05) is 18.5 Å². The number of rotatable bonds is 4. The number of halogens is 2. The van der Waals surface area contributed by atoms with E-state index in [0.717, 1.165) is 22.3 Å². The van der Waals surface area contributed by atoms with Gasteiger partial charge < -0.3 is 10.5 Å². The minimum Gasteiger partial charge on any atom is -0.486 e. The van der Waals surface area contributed by atoms with Gasteiger partial charge in [0.05, 0.1) is 20.9 Å². The third-order valence-electron chi connectivity index (χ3n) is 2.82. The summed E-state index contributed by atoms with van der Waals surface area (Å²) in [4.78, 5) is 0. The predicted molar refractivity (Wildman–Crippen MR) is 80.5 cm³/mol. The fraction of sp³-hybridized carbons (Fsp3) is 0.308. The number of aryl methyl sites for hydroxylation is 2. The summed E-state index contributed by atoms with van der Waals surface area (Å²) < 4.78 is 8.52. The SMILES string of the molecule is CCc1nn(C)c(COc2ccc(N)cc2Cl)c1Br. The van der Waals surface area contributed by atoms with Gasteiger partial charge in [0, 0.05) is 12.7 Å². The van der Waals surface area contributed by atoms with Gasteiger partial charge in [-0.3, -0.25) is 4.68 Å². The Morgan fingerprint density at radius 1 is 1.47 bits per heavy atom. The Morgan fingerprint density at radius 3 is 2.79 bits per heavy atom. The summed E-state index contributed by atoms with van der Waals surface area (Å²) >= 11 is 9.62. The summed E-state index contributed by atoms with van der Waals surface area (Å²) in [6.07, 6.45) is 0.872. The second-order valence-corrected chi connectivity index (χ2v) is 5.36. The van der Waals surface area contributed by atoms with Gasteiger partial charge in [0.25, 0.3) is 0 Å². The van der Waals surface area contributed by atoms with Crippen molar-refractivity contribution in [2.45, 2.75) is 20.0 Å². The first-order valence-corrected chi connectivity index (χ1v) is 7.08. The molecular formula is C13H15BrClN3O. The summed E-state index contributed by atoms with van der Waals surface area (Å²) in [5, 5.41) is 4.92. The highest BCUT2D eigenvalue weighted by Crippen LogP contribution is 2.28. The monoisotopic (exact) mass is 343 g/mol. The molecule has 102 valence electrons. The number of aromatic nitrogens is 2. The molecule has 2 N–H and O–H groups in total. The van der Waals surface area contributed by atoms with Crippen LogP contribution in [0.1, 0.15) is 18.3 Å². The molecule has 0 unspecified atom stereocenters. The van der Waals surface area contributed by atoms with Crippen LogP contribution in [0.25, 0.3) is 0 Å². The summed E-state index contributed by atoms with van der Waals surface area (Å²) in [6.45, 7) is 2.46. The standard InChI is InChI=1S/C13H15BrClN3O/c1-3-10-13(14)11(18(2)17-10)7-19-12-5-4-8(16)6-9(12)15/h4-6H,3,7,16H2,1-2H3. The molecule has 0 spiro atoms. The van der Waals surface area contributed by atoms with E-state index in [2.05, 4.69) is 28.0 Å². The molecule has 0 fully saturated rings. The molecule has 0 atom stereocenters. The van der Waals surface area contributed by atoms with Gasteiger partial charge in [-0.2, -0.15) is 5.10 Å². The molecule has 1 aromatic heterocycles. The van der Waals surface area contributed by atoms with E-state index in [0.29, 0.717) is 23.1 Å². The van der Waals surface area contributed by atoms with E-state index in [1.165, 1.54) is 0 Å². The highest BCUT2D eigenvalue weighted by Gasteiger charge is 2.13. The number of anilines is 1. The second-order valence-electron chi connectivity index (χ2n) is 4.16.